The molecule has 2 heterocycles. The number of hydrogen-bond acceptors (Lipinski definition) is 5. The number of halogens is 1. The lowest BCUT2D eigenvalue weighted by atomic mass is 9.72. The third kappa shape index (κ3) is 3.64. The summed E-state index contributed by atoms with van der Waals surface area (Å²) in [6.45, 7) is 4.08. The van der Waals surface area contributed by atoms with Gasteiger partial charge in [-0.25, -0.2) is 0 Å². The van der Waals surface area contributed by atoms with Crippen LogP contribution in [-0.2, 0) is 4.79 Å². The van der Waals surface area contributed by atoms with Crippen molar-refractivity contribution in [2.45, 2.75) is 38.5 Å². The fourth-order valence-corrected chi connectivity index (χ4v) is 6.43. The third-order valence-corrected chi connectivity index (χ3v) is 8.02. The molecule has 0 fully saturated rings. The summed E-state index contributed by atoms with van der Waals surface area (Å²) in [5.74, 6) is -0.0440. The van der Waals surface area contributed by atoms with Crippen molar-refractivity contribution in [1.29, 1.82) is 5.26 Å². The molecule has 0 radical (unpaired) electrons. The second-order valence-electron chi connectivity index (χ2n) is 8.80. The number of rotatable bonds is 3. The molecular weight excluding hydrogens is 462 g/mol. The Kier molecular flexibility index (Phi) is 5.81. The number of anilines is 1. The van der Waals surface area contributed by atoms with Crippen LogP contribution in [0.3, 0.4) is 0 Å². The number of aryl methyl sites for hydroxylation is 2. The third-order valence-electron chi connectivity index (χ3n) is 6.72. The number of carbonyl (C=O) groups is 1. The molecule has 2 atom stereocenters. The number of Topliss-reactive ketones (excluding diaryl/α,β-unsaturated/α-hetero) is 1. The highest BCUT2D eigenvalue weighted by molar-refractivity contribution is 7.12. The Morgan fingerprint density at radius 3 is 2.44 bits per heavy atom. The smallest absolute Gasteiger partial charge is 0.162 e. The first-order valence-corrected chi connectivity index (χ1v) is 12.4. The van der Waals surface area contributed by atoms with E-state index in [1.54, 1.807) is 17.4 Å². The SMILES string of the molecule is Cc1cc([C@@H]2C(C#N)=C(N)N(c3ccccc3Cl)C3=C2C(=O)C[C@H](c2ccccc2)C3)c(C)s1. The average molecular weight is 486 g/mol. The van der Waals surface area contributed by atoms with Gasteiger partial charge < -0.3 is 5.73 Å². The van der Waals surface area contributed by atoms with Gasteiger partial charge in [0.15, 0.2) is 5.78 Å². The molecule has 34 heavy (non-hydrogen) atoms. The van der Waals surface area contributed by atoms with E-state index in [2.05, 4.69) is 24.3 Å². The highest BCUT2D eigenvalue weighted by Gasteiger charge is 2.43. The van der Waals surface area contributed by atoms with Crippen LogP contribution in [-0.4, -0.2) is 5.78 Å². The summed E-state index contributed by atoms with van der Waals surface area (Å²) in [5, 5.41) is 10.8. The van der Waals surface area contributed by atoms with E-state index in [9.17, 15) is 10.1 Å². The second kappa shape index (κ2) is 8.79. The van der Waals surface area contributed by atoms with Gasteiger partial charge in [-0.2, -0.15) is 5.26 Å². The fourth-order valence-electron chi connectivity index (χ4n) is 5.25. The molecule has 0 spiro atoms. The van der Waals surface area contributed by atoms with Crippen LogP contribution in [0.15, 0.2) is 83.3 Å². The van der Waals surface area contributed by atoms with Crippen molar-refractivity contribution >= 4 is 34.4 Å². The minimum Gasteiger partial charge on any atom is -0.384 e. The van der Waals surface area contributed by atoms with E-state index in [4.69, 9.17) is 17.3 Å². The van der Waals surface area contributed by atoms with Crippen LogP contribution in [0.1, 0.15) is 45.6 Å². The van der Waals surface area contributed by atoms with E-state index >= 15 is 0 Å². The summed E-state index contributed by atoms with van der Waals surface area (Å²) < 4.78 is 0. The summed E-state index contributed by atoms with van der Waals surface area (Å²) in [6, 6.07) is 22.0. The van der Waals surface area contributed by atoms with E-state index in [1.165, 1.54) is 0 Å². The predicted octanol–water partition coefficient (Wildman–Crippen LogP) is 6.72. The number of ketones is 1. The van der Waals surface area contributed by atoms with Crippen LogP contribution < -0.4 is 10.6 Å². The molecule has 0 saturated carbocycles. The lowest BCUT2D eigenvalue weighted by Crippen LogP contribution is -2.40. The Labute approximate surface area is 208 Å². The topological polar surface area (TPSA) is 70.1 Å². The molecule has 6 heteroatoms. The minimum absolute atomic E-state index is 0.0276. The van der Waals surface area contributed by atoms with Crippen molar-refractivity contribution in [3.8, 4) is 6.07 Å². The lowest BCUT2D eigenvalue weighted by Gasteiger charge is -2.41. The fraction of sp³-hybridized carbons (Fsp3) is 0.214. The van der Waals surface area contributed by atoms with Gasteiger partial charge in [-0.15, -0.1) is 11.3 Å². The van der Waals surface area contributed by atoms with Gasteiger partial charge in [0, 0.05) is 27.4 Å². The maximum atomic E-state index is 13.9. The standard InChI is InChI=1S/C28H24ClN3OS/c1-16-12-20(17(2)34-16)26-21(15-30)28(31)32(23-11-7-6-10-22(23)29)24-13-19(14-25(33)27(24)26)18-8-4-3-5-9-18/h3-12,19,26H,13-14,31H2,1-2H3/t19-,26-/m1/s1. The predicted molar refractivity (Wildman–Crippen MR) is 138 cm³/mol. The Balaban J connectivity index is 1.76. The molecule has 1 aliphatic carbocycles. The van der Waals surface area contributed by atoms with Crippen LogP contribution in [0.2, 0.25) is 5.02 Å². The maximum Gasteiger partial charge on any atom is 0.162 e. The molecule has 5 rings (SSSR count). The summed E-state index contributed by atoms with van der Waals surface area (Å²) in [6.07, 6.45) is 1.03. The number of benzene rings is 2. The van der Waals surface area contributed by atoms with Gasteiger partial charge in [0.1, 0.15) is 5.82 Å². The van der Waals surface area contributed by atoms with Gasteiger partial charge in [-0.3, -0.25) is 9.69 Å². The number of nitriles is 1. The normalized spacial score (nSPS) is 20.4. The molecule has 4 nitrogen and oxygen atoms in total. The number of nitrogens with two attached hydrogens (primary N) is 1. The molecular formula is C28H24ClN3OS. The Morgan fingerprint density at radius 1 is 1.09 bits per heavy atom. The van der Waals surface area contributed by atoms with Crippen LogP contribution in [0.5, 0.6) is 0 Å². The van der Waals surface area contributed by atoms with Crippen LogP contribution in [0.25, 0.3) is 0 Å². The van der Waals surface area contributed by atoms with Crippen molar-refractivity contribution in [2.75, 3.05) is 4.90 Å². The molecule has 2 N–H and O–H groups in total. The van der Waals surface area contributed by atoms with Crippen molar-refractivity contribution in [3.63, 3.8) is 0 Å². The summed E-state index contributed by atoms with van der Waals surface area (Å²) in [4.78, 5) is 17.9. The molecule has 2 aliphatic rings. The molecule has 2 aromatic carbocycles. The number of para-hydroxylation sites is 1. The first-order chi connectivity index (χ1) is 16.4. The largest absolute Gasteiger partial charge is 0.384 e. The molecule has 0 saturated heterocycles. The summed E-state index contributed by atoms with van der Waals surface area (Å²) in [7, 11) is 0. The second-order valence-corrected chi connectivity index (χ2v) is 10.7. The Bertz CT molecular complexity index is 1400. The molecule has 1 aromatic heterocycles. The molecule has 1 aliphatic heterocycles. The van der Waals surface area contributed by atoms with Crippen LogP contribution >= 0.6 is 22.9 Å². The van der Waals surface area contributed by atoms with E-state index in [0.717, 1.165) is 26.6 Å². The van der Waals surface area contributed by atoms with Crippen molar-refractivity contribution < 1.29 is 4.79 Å². The molecule has 0 bridgehead atoms. The minimum atomic E-state index is -0.465. The van der Waals surface area contributed by atoms with E-state index in [0.29, 0.717) is 40.5 Å². The first kappa shape index (κ1) is 22.5. The highest BCUT2D eigenvalue weighted by Crippen LogP contribution is 2.51. The monoisotopic (exact) mass is 485 g/mol. The summed E-state index contributed by atoms with van der Waals surface area (Å²) in [5.41, 5.74) is 11.4. The Morgan fingerprint density at radius 2 is 1.79 bits per heavy atom. The number of carbonyl (C=O) groups excluding carboxylic acids is 1. The molecule has 3 aromatic rings. The maximum absolute atomic E-state index is 13.9. The Hall–Kier alpha value is -3.33. The van der Waals surface area contributed by atoms with Gasteiger partial charge >= 0.3 is 0 Å². The van der Waals surface area contributed by atoms with Gasteiger partial charge in [0.2, 0.25) is 0 Å². The quantitative estimate of drug-likeness (QED) is 0.447. The molecule has 0 unspecified atom stereocenters. The molecule has 170 valence electrons. The van der Waals surface area contributed by atoms with Gasteiger partial charge in [-0.05, 0) is 55.5 Å². The summed E-state index contributed by atoms with van der Waals surface area (Å²) >= 11 is 8.28. The van der Waals surface area contributed by atoms with Gasteiger partial charge in [0.25, 0.3) is 0 Å². The highest BCUT2D eigenvalue weighted by atomic mass is 35.5. The van der Waals surface area contributed by atoms with Crippen LogP contribution in [0.4, 0.5) is 5.69 Å². The number of hydrogen-bond donors (Lipinski definition) is 1. The zero-order valence-corrected chi connectivity index (χ0v) is 20.6. The van der Waals surface area contributed by atoms with Gasteiger partial charge in [-0.1, -0.05) is 54.1 Å². The van der Waals surface area contributed by atoms with Crippen molar-refractivity contribution in [1.82, 2.24) is 0 Å². The molecule has 0 amide bonds. The zero-order chi connectivity index (χ0) is 24.0. The van der Waals surface area contributed by atoms with Crippen LogP contribution in [0, 0.1) is 25.2 Å². The zero-order valence-electron chi connectivity index (χ0n) is 19.0. The van der Waals surface area contributed by atoms with Gasteiger partial charge in [0.05, 0.1) is 28.3 Å². The first-order valence-electron chi connectivity index (χ1n) is 11.2. The number of allylic oxidation sites excluding steroid dienone is 3. The van der Waals surface area contributed by atoms with Crippen molar-refractivity contribution in [2.24, 2.45) is 5.73 Å². The number of nitrogens with zero attached hydrogens (tertiary/aromatic N) is 2. The van der Waals surface area contributed by atoms with E-state index in [1.807, 2.05) is 55.1 Å². The van der Waals surface area contributed by atoms with E-state index in [-0.39, 0.29) is 11.7 Å². The number of thiophene rings is 1. The lowest BCUT2D eigenvalue weighted by molar-refractivity contribution is -0.116. The average Bonchev–Trinajstić information content (AvgIpc) is 3.17. The van der Waals surface area contributed by atoms with E-state index < -0.39 is 5.92 Å². The van der Waals surface area contributed by atoms with Crippen molar-refractivity contribution in [3.05, 3.63) is 109 Å².